The van der Waals surface area contributed by atoms with Crippen LogP contribution in [0.4, 0.5) is 5.13 Å². The zero-order valence-electron chi connectivity index (χ0n) is 17.9. The zero-order valence-corrected chi connectivity index (χ0v) is 19.5. The number of amides is 1. The van der Waals surface area contributed by atoms with E-state index in [0.717, 1.165) is 33.9 Å². The number of hydrogen-bond donors (Lipinski definition) is 2. The number of anilines is 1. The number of hydrogen-bond acceptors (Lipinski definition) is 6. The molecule has 0 unspecified atom stereocenters. The molecule has 0 spiro atoms. The molecule has 1 amide bonds. The molecular weight excluding hydrogens is 434 g/mol. The van der Waals surface area contributed by atoms with Crippen LogP contribution in [0.15, 0.2) is 46.8 Å². The summed E-state index contributed by atoms with van der Waals surface area (Å²) >= 11 is 0.723. The van der Waals surface area contributed by atoms with Gasteiger partial charge in [-0.3, -0.25) is 10.1 Å². The van der Waals surface area contributed by atoms with Crippen LogP contribution in [0, 0.1) is 0 Å². The standard InChI is InChI=1S/C21H25N5O3S2/c1-13(2)17-10-16(15-8-6-5-7-9-15)11-18(14(3)4)26(17)12-19(27)23-20-24-25-21(30-20)31(22,28)29/h5-11,13-14H,12H2,1-4H3,(H2-,22,23,24,27,28,29)/p+1. The summed E-state index contributed by atoms with van der Waals surface area (Å²) in [5.74, 6) is 0.0485. The van der Waals surface area contributed by atoms with Crippen molar-refractivity contribution in [3.05, 3.63) is 53.9 Å². The van der Waals surface area contributed by atoms with Crippen molar-refractivity contribution in [2.45, 2.75) is 50.4 Å². The summed E-state index contributed by atoms with van der Waals surface area (Å²) < 4.78 is 24.4. The summed E-state index contributed by atoms with van der Waals surface area (Å²) in [7, 11) is -3.96. The molecule has 0 aliphatic carbocycles. The van der Waals surface area contributed by atoms with Gasteiger partial charge in [-0.2, -0.15) is 4.57 Å². The smallest absolute Gasteiger partial charge is 0.292 e. The molecule has 0 aliphatic heterocycles. The third-order valence-electron chi connectivity index (χ3n) is 4.72. The molecule has 0 aliphatic rings. The average molecular weight is 461 g/mol. The predicted octanol–water partition coefficient (Wildman–Crippen LogP) is 3.03. The van der Waals surface area contributed by atoms with Gasteiger partial charge in [-0.1, -0.05) is 69.4 Å². The number of carbonyl (C=O) groups is 1. The fourth-order valence-corrected chi connectivity index (χ4v) is 4.63. The third-order valence-corrected chi connectivity index (χ3v) is 6.87. The number of primary sulfonamides is 1. The fraction of sp³-hybridized carbons (Fsp3) is 0.333. The van der Waals surface area contributed by atoms with Crippen molar-refractivity contribution < 1.29 is 17.8 Å². The molecule has 10 heteroatoms. The van der Waals surface area contributed by atoms with E-state index in [-0.39, 0.29) is 33.8 Å². The van der Waals surface area contributed by atoms with Crippen molar-refractivity contribution in [1.82, 2.24) is 10.2 Å². The van der Waals surface area contributed by atoms with Crippen molar-refractivity contribution in [3.8, 4) is 11.1 Å². The van der Waals surface area contributed by atoms with Crippen LogP contribution in [0.3, 0.4) is 0 Å². The molecule has 8 nitrogen and oxygen atoms in total. The summed E-state index contributed by atoms with van der Waals surface area (Å²) in [6, 6.07) is 14.4. The largest absolute Gasteiger partial charge is 0.295 e. The second kappa shape index (κ2) is 9.21. The first-order valence-corrected chi connectivity index (χ1v) is 12.2. The highest BCUT2D eigenvalue weighted by Gasteiger charge is 2.27. The number of aromatic nitrogens is 3. The van der Waals surface area contributed by atoms with Gasteiger partial charge in [0.05, 0.1) is 0 Å². The van der Waals surface area contributed by atoms with E-state index in [1.807, 2.05) is 22.8 Å². The van der Waals surface area contributed by atoms with Gasteiger partial charge in [-0.25, -0.2) is 13.6 Å². The lowest BCUT2D eigenvalue weighted by Crippen LogP contribution is -2.48. The molecule has 0 saturated carbocycles. The quantitative estimate of drug-likeness (QED) is 0.415. The highest BCUT2D eigenvalue weighted by Crippen LogP contribution is 2.26. The van der Waals surface area contributed by atoms with Gasteiger partial charge in [0.15, 0.2) is 11.4 Å². The van der Waals surface area contributed by atoms with Gasteiger partial charge in [-0.05, 0) is 11.1 Å². The van der Waals surface area contributed by atoms with Crippen LogP contribution in [-0.4, -0.2) is 24.5 Å². The molecule has 164 valence electrons. The number of rotatable bonds is 7. The Balaban J connectivity index is 1.95. The first-order chi connectivity index (χ1) is 14.6. The van der Waals surface area contributed by atoms with Crippen molar-refractivity contribution in [3.63, 3.8) is 0 Å². The van der Waals surface area contributed by atoms with Gasteiger partial charge in [0.1, 0.15) is 0 Å². The molecule has 0 saturated heterocycles. The summed E-state index contributed by atoms with van der Waals surface area (Å²) in [6.07, 6.45) is 0. The van der Waals surface area contributed by atoms with Crippen molar-refractivity contribution in [2.75, 3.05) is 5.32 Å². The van der Waals surface area contributed by atoms with Gasteiger partial charge < -0.3 is 0 Å². The van der Waals surface area contributed by atoms with Crippen molar-refractivity contribution in [2.24, 2.45) is 5.14 Å². The van der Waals surface area contributed by atoms with Crippen molar-refractivity contribution in [1.29, 1.82) is 0 Å². The Bertz CT molecular complexity index is 1160. The molecule has 0 radical (unpaired) electrons. The maximum Gasteiger partial charge on any atom is 0.292 e. The number of nitrogens with zero attached hydrogens (tertiary/aromatic N) is 3. The Morgan fingerprint density at radius 2 is 1.61 bits per heavy atom. The van der Waals surface area contributed by atoms with E-state index in [0.29, 0.717) is 0 Å². The van der Waals surface area contributed by atoms with Gasteiger partial charge in [0.2, 0.25) is 16.0 Å². The van der Waals surface area contributed by atoms with E-state index in [1.165, 1.54) is 0 Å². The Labute approximate surface area is 186 Å². The van der Waals surface area contributed by atoms with E-state index in [9.17, 15) is 13.2 Å². The van der Waals surface area contributed by atoms with Gasteiger partial charge in [-0.15, -0.1) is 10.2 Å². The van der Waals surface area contributed by atoms with Gasteiger partial charge >= 0.3 is 0 Å². The highest BCUT2D eigenvalue weighted by molar-refractivity contribution is 7.91. The van der Waals surface area contributed by atoms with E-state index in [4.69, 9.17) is 5.14 Å². The summed E-state index contributed by atoms with van der Waals surface area (Å²) in [5.41, 5.74) is 4.28. The van der Waals surface area contributed by atoms with Crippen LogP contribution in [0.25, 0.3) is 11.1 Å². The molecule has 3 aromatic rings. The topological polar surface area (TPSA) is 119 Å². The lowest BCUT2D eigenvalue weighted by Gasteiger charge is -2.15. The van der Waals surface area contributed by atoms with Gasteiger partial charge in [0, 0.05) is 24.0 Å². The monoisotopic (exact) mass is 460 g/mol. The van der Waals surface area contributed by atoms with Crippen molar-refractivity contribution >= 4 is 32.4 Å². The summed E-state index contributed by atoms with van der Waals surface area (Å²) in [5, 5.41) is 15.0. The Hall–Kier alpha value is -2.69. The van der Waals surface area contributed by atoms with Crippen LogP contribution in [0.5, 0.6) is 0 Å². The number of carbonyl (C=O) groups excluding carboxylic acids is 1. The molecule has 3 N–H and O–H groups in total. The molecule has 0 bridgehead atoms. The molecule has 31 heavy (non-hydrogen) atoms. The number of pyridine rings is 1. The maximum atomic E-state index is 12.8. The third kappa shape index (κ3) is 5.52. The van der Waals surface area contributed by atoms with Crippen LogP contribution >= 0.6 is 11.3 Å². The predicted molar refractivity (Wildman–Crippen MR) is 120 cm³/mol. The van der Waals surface area contributed by atoms with E-state index in [2.05, 4.69) is 67.5 Å². The number of sulfonamides is 1. The van der Waals surface area contributed by atoms with Crippen LogP contribution in [-0.2, 0) is 21.4 Å². The zero-order chi connectivity index (χ0) is 22.8. The lowest BCUT2D eigenvalue weighted by molar-refractivity contribution is -0.700. The molecule has 1 aromatic carbocycles. The second-order valence-electron chi connectivity index (χ2n) is 7.82. The number of nitrogens with one attached hydrogen (secondary N) is 1. The van der Waals surface area contributed by atoms with E-state index in [1.54, 1.807) is 0 Å². The Kier molecular flexibility index (Phi) is 6.83. The minimum Gasteiger partial charge on any atom is -0.295 e. The number of benzene rings is 1. The number of nitrogens with two attached hydrogens (primary N) is 1. The first-order valence-electron chi connectivity index (χ1n) is 9.85. The normalized spacial score (nSPS) is 11.8. The SMILES string of the molecule is CC(C)c1cc(-c2ccccc2)cc(C(C)C)[n+]1CC(=O)Nc1nnc(S(N)(=O)=O)s1. The fourth-order valence-electron chi connectivity index (χ4n) is 3.28. The molecule has 3 rings (SSSR count). The average Bonchev–Trinajstić information content (AvgIpc) is 3.17. The first kappa shape index (κ1) is 23.0. The van der Waals surface area contributed by atoms with Crippen LogP contribution in [0.2, 0.25) is 0 Å². The lowest BCUT2D eigenvalue weighted by atomic mass is 9.97. The Morgan fingerprint density at radius 3 is 2.10 bits per heavy atom. The molecule has 2 heterocycles. The van der Waals surface area contributed by atoms with E-state index < -0.39 is 10.0 Å². The molecule has 0 atom stereocenters. The minimum absolute atomic E-state index is 0.0698. The highest BCUT2D eigenvalue weighted by atomic mass is 32.2. The van der Waals surface area contributed by atoms with Crippen LogP contribution < -0.4 is 15.0 Å². The maximum absolute atomic E-state index is 12.8. The van der Waals surface area contributed by atoms with Crippen LogP contribution in [0.1, 0.15) is 50.9 Å². The molecular formula is C21H26N5O3S2+. The molecule has 2 aromatic heterocycles. The van der Waals surface area contributed by atoms with E-state index >= 15 is 0 Å². The molecule has 0 fully saturated rings. The van der Waals surface area contributed by atoms with Gasteiger partial charge in [0.25, 0.3) is 15.9 Å². The summed E-state index contributed by atoms with van der Waals surface area (Å²) in [6.45, 7) is 8.43. The second-order valence-corrected chi connectivity index (χ2v) is 10.5. The summed E-state index contributed by atoms with van der Waals surface area (Å²) in [4.78, 5) is 12.8. The minimum atomic E-state index is -3.96. The Morgan fingerprint density at radius 1 is 1.03 bits per heavy atom.